The molecule has 0 fully saturated rings. The van der Waals surface area contributed by atoms with Crippen LogP contribution in [0.2, 0.25) is 0 Å². The zero-order valence-corrected chi connectivity index (χ0v) is 9.22. The van der Waals surface area contributed by atoms with Crippen LogP contribution in [0.1, 0.15) is 17.9 Å². The van der Waals surface area contributed by atoms with Crippen LogP contribution in [-0.4, -0.2) is 23.3 Å². The van der Waals surface area contributed by atoms with Crippen molar-refractivity contribution in [2.75, 3.05) is 0 Å². The Bertz CT molecular complexity index is 506. The molecule has 2 rings (SSSR count). The molecule has 6 nitrogen and oxygen atoms in total. The highest BCUT2D eigenvalue weighted by molar-refractivity contribution is 5.78. The molecular weight excluding hydrogens is 243 g/mol. The van der Waals surface area contributed by atoms with E-state index in [0.29, 0.717) is 0 Å². The highest BCUT2D eigenvalue weighted by atomic mass is 19.1. The Labute approximate surface area is 102 Å². The molecular formula is C11H11FN2O4. The molecule has 1 aromatic rings. The number of urea groups is 1. The van der Waals surface area contributed by atoms with E-state index in [1.165, 1.54) is 6.07 Å². The summed E-state index contributed by atoms with van der Waals surface area (Å²) in [5, 5.41) is 11.4. The van der Waals surface area contributed by atoms with Crippen LogP contribution in [0, 0.1) is 5.82 Å². The van der Waals surface area contributed by atoms with Gasteiger partial charge in [0.05, 0.1) is 5.92 Å². The van der Waals surface area contributed by atoms with E-state index in [2.05, 4.69) is 5.32 Å². The molecule has 0 aliphatic carbocycles. The van der Waals surface area contributed by atoms with E-state index in [9.17, 15) is 14.0 Å². The van der Waals surface area contributed by atoms with Crippen LogP contribution in [0.3, 0.4) is 0 Å². The Morgan fingerprint density at radius 2 is 2.22 bits per heavy atom. The maximum absolute atomic E-state index is 13.1. The van der Waals surface area contributed by atoms with Crippen LogP contribution >= 0.6 is 0 Å². The molecule has 18 heavy (non-hydrogen) atoms. The first-order valence-corrected chi connectivity index (χ1v) is 5.22. The van der Waals surface area contributed by atoms with Crippen LogP contribution in [0.4, 0.5) is 9.18 Å². The molecule has 0 saturated heterocycles. The lowest BCUT2D eigenvalue weighted by molar-refractivity contribution is -0.140. The van der Waals surface area contributed by atoms with Gasteiger partial charge in [-0.15, -0.1) is 0 Å². The van der Waals surface area contributed by atoms with Crippen molar-refractivity contribution in [2.45, 2.75) is 18.6 Å². The van der Waals surface area contributed by atoms with Gasteiger partial charge in [0, 0.05) is 12.0 Å². The van der Waals surface area contributed by atoms with Crippen LogP contribution < -0.4 is 15.8 Å². The van der Waals surface area contributed by atoms with Crippen LogP contribution in [0.25, 0.3) is 0 Å². The number of carboxylic acid groups (broad SMARTS) is 1. The predicted octanol–water partition coefficient (Wildman–Crippen LogP) is 0.771. The molecule has 1 heterocycles. The molecule has 0 aromatic heterocycles. The number of rotatable bonds is 2. The largest absolute Gasteiger partial charge is 0.481 e. The molecule has 0 radical (unpaired) electrons. The number of halogens is 1. The number of carboxylic acids is 1. The summed E-state index contributed by atoms with van der Waals surface area (Å²) in [6, 6.07) is 2.80. The van der Waals surface area contributed by atoms with E-state index >= 15 is 0 Å². The number of hydrogen-bond acceptors (Lipinski definition) is 3. The SMILES string of the molecule is NC(=O)N[C@@H]1CC(C(=O)O)c2cc(F)ccc2O1. The van der Waals surface area contributed by atoms with Crippen molar-refractivity contribution in [2.24, 2.45) is 5.73 Å². The van der Waals surface area contributed by atoms with Gasteiger partial charge < -0.3 is 20.9 Å². The Balaban J connectivity index is 2.34. The standard InChI is InChI=1S/C11H11FN2O4/c12-5-1-2-8-6(3-5)7(10(15)16)4-9(18-8)14-11(13)17/h1-3,7,9H,4H2,(H,15,16)(H3,13,14,17)/t7?,9-/m0/s1. The number of ether oxygens (including phenoxy) is 1. The number of primary amides is 1. The molecule has 1 aliphatic rings. The second-order valence-electron chi connectivity index (χ2n) is 3.92. The lowest BCUT2D eigenvalue weighted by Gasteiger charge is -2.30. The fraction of sp³-hybridized carbons (Fsp3) is 0.273. The molecule has 2 amide bonds. The van der Waals surface area contributed by atoms with Gasteiger partial charge in [0.15, 0.2) is 6.23 Å². The van der Waals surface area contributed by atoms with E-state index in [4.69, 9.17) is 15.6 Å². The summed E-state index contributed by atoms with van der Waals surface area (Å²) < 4.78 is 18.4. The van der Waals surface area contributed by atoms with Crippen molar-refractivity contribution in [1.82, 2.24) is 5.32 Å². The maximum Gasteiger partial charge on any atom is 0.315 e. The number of nitrogens with one attached hydrogen (secondary N) is 1. The number of aliphatic carboxylic acids is 1. The van der Waals surface area contributed by atoms with Gasteiger partial charge in [0.2, 0.25) is 0 Å². The molecule has 7 heteroatoms. The third-order valence-electron chi connectivity index (χ3n) is 2.67. The van der Waals surface area contributed by atoms with Crippen molar-refractivity contribution >= 4 is 12.0 Å². The van der Waals surface area contributed by atoms with Crippen molar-refractivity contribution < 1.29 is 23.8 Å². The third kappa shape index (κ3) is 2.34. The summed E-state index contributed by atoms with van der Waals surface area (Å²) in [4.78, 5) is 21.9. The molecule has 4 N–H and O–H groups in total. The van der Waals surface area contributed by atoms with Gasteiger partial charge in [-0.1, -0.05) is 0 Å². The third-order valence-corrected chi connectivity index (χ3v) is 2.67. The highest BCUT2D eigenvalue weighted by Gasteiger charge is 2.33. The number of carbonyl (C=O) groups is 2. The van der Waals surface area contributed by atoms with E-state index in [1.807, 2.05) is 0 Å². The first kappa shape index (κ1) is 12.2. The summed E-state index contributed by atoms with van der Waals surface area (Å²) in [5.74, 6) is -2.36. The summed E-state index contributed by atoms with van der Waals surface area (Å²) in [6.07, 6.45) is -0.837. The number of benzene rings is 1. The van der Waals surface area contributed by atoms with E-state index in [0.717, 1.165) is 12.1 Å². The van der Waals surface area contributed by atoms with E-state index in [1.54, 1.807) is 0 Å². The Morgan fingerprint density at radius 3 is 2.83 bits per heavy atom. The number of nitrogens with two attached hydrogens (primary N) is 1. The minimum absolute atomic E-state index is 0.00523. The van der Waals surface area contributed by atoms with Crippen molar-refractivity contribution in [1.29, 1.82) is 0 Å². The molecule has 1 aromatic carbocycles. The Kier molecular flexibility index (Phi) is 3.05. The highest BCUT2D eigenvalue weighted by Crippen LogP contribution is 2.36. The van der Waals surface area contributed by atoms with Gasteiger partial charge in [-0.2, -0.15) is 0 Å². The minimum Gasteiger partial charge on any atom is -0.481 e. The van der Waals surface area contributed by atoms with Gasteiger partial charge in [-0.05, 0) is 18.2 Å². The summed E-state index contributed by atoms with van der Waals surface area (Å²) in [5.41, 5.74) is 5.21. The predicted molar refractivity (Wildman–Crippen MR) is 58.5 cm³/mol. The van der Waals surface area contributed by atoms with Gasteiger partial charge in [0.1, 0.15) is 11.6 Å². The molecule has 2 atom stereocenters. The fourth-order valence-corrected chi connectivity index (χ4v) is 1.92. The van der Waals surface area contributed by atoms with Gasteiger partial charge in [0.25, 0.3) is 0 Å². The van der Waals surface area contributed by atoms with Crippen molar-refractivity contribution in [3.05, 3.63) is 29.6 Å². The molecule has 0 spiro atoms. The Morgan fingerprint density at radius 1 is 1.50 bits per heavy atom. The number of fused-ring (bicyclic) bond motifs is 1. The van der Waals surface area contributed by atoms with Crippen molar-refractivity contribution in [3.63, 3.8) is 0 Å². The van der Waals surface area contributed by atoms with E-state index < -0.39 is 30.0 Å². The van der Waals surface area contributed by atoms with Gasteiger partial charge >= 0.3 is 12.0 Å². The molecule has 1 unspecified atom stereocenters. The number of carbonyl (C=O) groups excluding carboxylic acids is 1. The maximum atomic E-state index is 13.1. The quantitative estimate of drug-likeness (QED) is 0.725. The monoisotopic (exact) mass is 254 g/mol. The number of hydrogen-bond donors (Lipinski definition) is 3. The summed E-state index contributed by atoms with van der Waals surface area (Å²) in [6.45, 7) is 0. The van der Waals surface area contributed by atoms with Gasteiger partial charge in [-0.3, -0.25) is 4.79 Å². The van der Waals surface area contributed by atoms with Crippen LogP contribution in [0.5, 0.6) is 5.75 Å². The lowest BCUT2D eigenvalue weighted by atomic mass is 9.92. The normalized spacial score (nSPS) is 21.6. The second-order valence-corrected chi connectivity index (χ2v) is 3.92. The smallest absolute Gasteiger partial charge is 0.315 e. The molecule has 0 bridgehead atoms. The van der Waals surface area contributed by atoms with Crippen LogP contribution in [0.15, 0.2) is 18.2 Å². The second kappa shape index (κ2) is 4.52. The zero-order valence-electron chi connectivity index (χ0n) is 9.22. The summed E-state index contributed by atoms with van der Waals surface area (Å²) >= 11 is 0. The fourth-order valence-electron chi connectivity index (χ4n) is 1.92. The molecule has 1 aliphatic heterocycles. The summed E-state index contributed by atoms with van der Waals surface area (Å²) in [7, 11) is 0. The minimum atomic E-state index is -1.11. The lowest BCUT2D eigenvalue weighted by Crippen LogP contribution is -2.45. The molecule has 96 valence electrons. The van der Waals surface area contributed by atoms with Crippen molar-refractivity contribution in [3.8, 4) is 5.75 Å². The first-order chi connectivity index (χ1) is 8.47. The zero-order chi connectivity index (χ0) is 13.3. The average molecular weight is 254 g/mol. The Hall–Kier alpha value is -2.31. The van der Waals surface area contributed by atoms with Crippen LogP contribution in [-0.2, 0) is 4.79 Å². The number of amides is 2. The topological polar surface area (TPSA) is 102 Å². The first-order valence-electron chi connectivity index (χ1n) is 5.22. The average Bonchev–Trinajstić information content (AvgIpc) is 2.27. The van der Waals surface area contributed by atoms with E-state index in [-0.39, 0.29) is 17.7 Å². The van der Waals surface area contributed by atoms with Gasteiger partial charge in [-0.25, -0.2) is 9.18 Å². The molecule has 0 saturated carbocycles.